The topological polar surface area (TPSA) is 182 Å². The Bertz CT molecular complexity index is 2110. The van der Waals surface area contributed by atoms with Crippen molar-refractivity contribution in [1.29, 1.82) is 0 Å². The van der Waals surface area contributed by atoms with Crippen LogP contribution in [-0.2, 0) is 38.6 Å². The lowest BCUT2D eigenvalue weighted by molar-refractivity contribution is -0.131. The summed E-state index contributed by atoms with van der Waals surface area (Å²) in [6.07, 6.45) is 0.723. The maximum Gasteiger partial charge on any atom is 0.408 e. The number of fused-ring (bicyclic) bond motifs is 2. The Morgan fingerprint density at radius 1 is 0.707 bits per heavy atom. The number of amides is 4. The van der Waals surface area contributed by atoms with Crippen molar-refractivity contribution < 1.29 is 34.1 Å². The third-order valence-corrected chi connectivity index (χ3v) is 10.6. The first-order chi connectivity index (χ1) is 27.9. The predicted octanol–water partition coefficient (Wildman–Crippen LogP) is 5.69. The van der Waals surface area contributed by atoms with Gasteiger partial charge < -0.3 is 41.2 Å². The minimum Gasteiger partial charge on any atom is -0.445 e. The Labute approximate surface area is 340 Å². The lowest BCUT2D eigenvalue weighted by Gasteiger charge is -2.29. The van der Waals surface area contributed by atoms with Gasteiger partial charge in [0.15, 0.2) is 0 Å². The van der Waals surface area contributed by atoms with E-state index in [4.69, 9.17) is 4.74 Å². The molecule has 0 aliphatic heterocycles. The van der Waals surface area contributed by atoms with Crippen molar-refractivity contribution in [3.63, 3.8) is 0 Å². The van der Waals surface area contributed by atoms with Gasteiger partial charge in [-0.15, -0.1) is 0 Å². The fraction of sp³-hybridized carbons (Fsp3) is 0.391. The minimum absolute atomic E-state index is 0.00322. The van der Waals surface area contributed by atoms with E-state index in [-0.39, 0.29) is 44.3 Å². The summed E-state index contributed by atoms with van der Waals surface area (Å²) in [5.74, 6) is -1.56. The molecule has 6 atom stereocenters. The summed E-state index contributed by atoms with van der Waals surface area (Å²) in [4.78, 5) is 58.5. The smallest absolute Gasteiger partial charge is 0.408 e. The molecule has 5 rings (SSSR count). The zero-order chi connectivity index (χ0) is 41.6. The van der Waals surface area contributed by atoms with Gasteiger partial charge in [-0.2, -0.15) is 0 Å². The van der Waals surface area contributed by atoms with Gasteiger partial charge in [-0.1, -0.05) is 125 Å². The third kappa shape index (κ3) is 12.1. The van der Waals surface area contributed by atoms with Crippen LogP contribution in [0.15, 0.2) is 103 Å². The molecule has 4 amide bonds. The first-order valence-electron chi connectivity index (χ1n) is 20.1. The van der Waals surface area contributed by atoms with E-state index in [2.05, 4.69) is 26.3 Å². The van der Waals surface area contributed by atoms with E-state index in [1.165, 1.54) is 0 Å². The van der Waals surface area contributed by atoms with Crippen molar-refractivity contribution in [2.24, 2.45) is 11.8 Å². The quantitative estimate of drug-likeness (QED) is 0.0529. The average Bonchev–Trinajstić information content (AvgIpc) is 3.63. The molecule has 7 N–H and O–H groups in total. The summed E-state index contributed by atoms with van der Waals surface area (Å²) in [5, 5.41) is 35.5. The number of benzene rings is 4. The van der Waals surface area contributed by atoms with Crippen molar-refractivity contribution in [3.05, 3.63) is 120 Å². The van der Waals surface area contributed by atoms with Gasteiger partial charge in [0, 0.05) is 29.9 Å². The fourth-order valence-corrected chi connectivity index (χ4v) is 7.16. The zero-order valence-electron chi connectivity index (χ0n) is 33.7. The highest BCUT2D eigenvalue weighted by Gasteiger charge is 2.32. The average molecular weight is 792 g/mol. The summed E-state index contributed by atoms with van der Waals surface area (Å²) >= 11 is 0. The molecule has 0 aliphatic rings. The Morgan fingerprint density at radius 3 is 2.07 bits per heavy atom. The Hall–Kier alpha value is -5.72. The molecule has 308 valence electrons. The molecule has 3 unspecified atom stereocenters. The predicted molar refractivity (Wildman–Crippen MR) is 226 cm³/mol. The van der Waals surface area contributed by atoms with Crippen LogP contribution in [0.4, 0.5) is 4.79 Å². The number of aliphatic hydroxyl groups excluding tert-OH is 2. The molecular weight excluding hydrogens is 735 g/mol. The van der Waals surface area contributed by atoms with Crippen LogP contribution in [0.1, 0.15) is 63.6 Å². The molecule has 1 heterocycles. The van der Waals surface area contributed by atoms with Crippen molar-refractivity contribution >= 4 is 45.5 Å². The Morgan fingerprint density at radius 2 is 1.34 bits per heavy atom. The van der Waals surface area contributed by atoms with Crippen LogP contribution in [0.25, 0.3) is 21.7 Å². The van der Waals surface area contributed by atoms with Crippen molar-refractivity contribution in [3.8, 4) is 0 Å². The minimum atomic E-state index is -1.26. The number of aromatic nitrogens is 1. The number of aliphatic hydroxyl groups is 2. The van der Waals surface area contributed by atoms with Crippen LogP contribution >= 0.6 is 0 Å². The van der Waals surface area contributed by atoms with Gasteiger partial charge in [0.25, 0.3) is 0 Å². The molecule has 58 heavy (non-hydrogen) atoms. The third-order valence-electron chi connectivity index (χ3n) is 10.6. The molecule has 4 aromatic carbocycles. The number of aromatic amines is 1. The lowest BCUT2D eigenvalue weighted by atomic mass is 9.95. The number of carbonyl (C=O) groups is 4. The van der Waals surface area contributed by atoms with E-state index in [0.29, 0.717) is 6.42 Å². The van der Waals surface area contributed by atoms with Gasteiger partial charge in [0.2, 0.25) is 17.7 Å². The molecule has 0 saturated carbocycles. The molecular formula is C46H57N5O7. The van der Waals surface area contributed by atoms with E-state index in [1.54, 1.807) is 6.20 Å². The summed E-state index contributed by atoms with van der Waals surface area (Å²) in [6, 6.07) is 26.8. The second-order valence-corrected chi connectivity index (χ2v) is 15.5. The first-order valence-corrected chi connectivity index (χ1v) is 20.1. The van der Waals surface area contributed by atoms with Crippen LogP contribution < -0.4 is 21.3 Å². The number of rotatable bonds is 20. The van der Waals surface area contributed by atoms with Gasteiger partial charge in [0.05, 0.1) is 31.2 Å². The normalized spacial score (nSPS) is 14.5. The molecule has 0 bridgehead atoms. The molecule has 12 heteroatoms. The van der Waals surface area contributed by atoms with Gasteiger partial charge in [-0.05, 0) is 51.8 Å². The molecule has 0 fully saturated rings. The second-order valence-electron chi connectivity index (χ2n) is 15.5. The zero-order valence-corrected chi connectivity index (χ0v) is 33.7. The maximum absolute atomic E-state index is 14.5. The van der Waals surface area contributed by atoms with Crippen molar-refractivity contribution in [2.75, 3.05) is 6.61 Å². The van der Waals surface area contributed by atoms with Crippen LogP contribution in [0.5, 0.6) is 0 Å². The van der Waals surface area contributed by atoms with Crippen LogP contribution in [0.3, 0.4) is 0 Å². The molecule has 1 aromatic heterocycles. The van der Waals surface area contributed by atoms with Gasteiger partial charge in [-0.3, -0.25) is 14.4 Å². The number of hydrogen-bond donors (Lipinski definition) is 7. The number of nitrogens with one attached hydrogen (secondary N) is 5. The molecule has 0 radical (unpaired) electrons. The Kier molecular flexibility index (Phi) is 15.8. The highest BCUT2D eigenvalue weighted by atomic mass is 16.5. The van der Waals surface area contributed by atoms with Crippen LogP contribution in [0.2, 0.25) is 0 Å². The number of H-pyrrole nitrogens is 1. The van der Waals surface area contributed by atoms with E-state index >= 15 is 0 Å². The maximum atomic E-state index is 14.5. The van der Waals surface area contributed by atoms with Crippen molar-refractivity contribution in [2.45, 2.75) is 96.7 Å². The van der Waals surface area contributed by atoms with Gasteiger partial charge in [-0.25, -0.2) is 4.79 Å². The highest BCUT2D eigenvalue weighted by Crippen LogP contribution is 2.22. The largest absolute Gasteiger partial charge is 0.445 e. The van der Waals surface area contributed by atoms with E-state index in [9.17, 15) is 29.4 Å². The van der Waals surface area contributed by atoms with Crippen LogP contribution in [-0.4, -0.2) is 75.9 Å². The van der Waals surface area contributed by atoms with Crippen LogP contribution in [0, 0.1) is 11.8 Å². The fourth-order valence-electron chi connectivity index (χ4n) is 7.16. The Balaban J connectivity index is 1.41. The highest BCUT2D eigenvalue weighted by molar-refractivity contribution is 5.93. The number of para-hydroxylation sites is 1. The number of carbonyl (C=O) groups excluding carboxylic acids is 4. The number of hydrogen-bond acceptors (Lipinski definition) is 7. The lowest BCUT2D eigenvalue weighted by Crippen LogP contribution is -2.57. The monoisotopic (exact) mass is 791 g/mol. The summed E-state index contributed by atoms with van der Waals surface area (Å²) in [6.45, 7) is 7.55. The molecule has 0 aliphatic carbocycles. The second kappa shape index (κ2) is 21.2. The molecule has 5 aromatic rings. The number of ether oxygens (including phenoxy) is 1. The summed E-state index contributed by atoms with van der Waals surface area (Å²) in [7, 11) is 0. The van der Waals surface area contributed by atoms with E-state index < -0.39 is 54.1 Å². The summed E-state index contributed by atoms with van der Waals surface area (Å²) < 4.78 is 5.53. The van der Waals surface area contributed by atoms with Gasteiger partial charge >= 0.3 is 6.09 Å². The SMILES string of the molecule is CCC(C)[C@@H](CO)NC(=O)CC(O)C(CC(C)C)NC(=O)[C@H](Cc1c[nH]c2ccccc12)NC(=O)[C@H](Cc1cccc2ccccc12)NC(=O)OCc1ccccc1. The molecule has 0 saturated heterocycles. The number of alkyl carbamates (subject to hydrolysis) is 1. The summed E-state index contributed by atoms with van der Waals surface area (Å²) in [5.41, 5.74) is 3.23. The molecule has 0 spiro atoms. The first kappa shape index (κ1) is 43.4. The van der Waals surface area contributed by atoms with E-state index in [0.717, 1.165) is 44.8 Å². The van der Waals surface area contributed by atoms with Gasteiger partial charge in [0.1, 0.15) is 18.7 Å². The van der Waals surface area contributed by atoms with E-state index in [1.807, 2.05) is 125 Å². The van der Waals surface area contributed by atoms with Crippen molar-refractivity contribution in [1.82, 2.24) is 26.3 Å². The molecule has 12 nitrogen and oxygen atoms in total. The standard InChI is InChI=1S/C46H57N5O7/c1-5-30(4)41(27-52)48-43(54)25-42(53)38(22-29(2)3)49-44(55)39(24-34-26-47-37-21-12-11-20-36(34)37)50-45(56)40(51-46(57)58-28-31-14-7-6-8-15-31)23-33-18-13-17-32-16-9-10-19-35(32)33/h6-21,26,29-30,38-42,47,52-53H,5,22-25,27-28H2,1-4H3,(H,48,54)(H,49,55)(H,50,56)(H,51,57)/t30?,38?,39-,40-,41+,42?/m0/s1.